The predicted molar refractivity (Wildman–Crippen MR) is 71.6 cm³/mol. The molecule has 0 fully saturated rings. The minimum atomic E-state index is -3.91. The Morgan fingerprint density at radius 2 is 2.05 bits per heavy atom. The van der Waals surface area contributed by atoms with Crippen LogP contribution in [0.5, 0.6) is 5.75 Å². The number of carbonyl (C=O) groups excluding carboxylic acids is 1. The first-order valence-corrected chi connectivity index (χ1v) is 6.94. The fourth-order valence-corrected chi connectivity index (χ4v) is 2.19. The van der Waals surface area contributed by atoms with Crippen LogP contribution in [-0.4, -0.2) is 47.0 Å². The third kappa shape index (κ3) is 4.51. The molecule has 19 heavy (non-hydrogen) atoms. The lowest BCUT2D eigenvalue weighted by atomic mass is 10.3. The van der Waals surface area contributed by atoms with Crippen LogP contribution >= 0.6 is 0 Å². The summed E-state index contributed by atoms with van der Waals surface area (Å²) < 4.78 is 27.7. The number of carbonyl (C=O) groups is 1. The highest BCUT2D eigenvalue weighted by atomic mass is 32.2. The van der Waals surface area contributed by atoms with Gasteiger partial charge < -0.3 is 15.0 Å². The van der Waals surface area contributed by atoms with Gasteiger partial charge >= 0.3 is 0 Å². The molecule has 8 heteroatoms. The van der Waals surface area contributed by atoms with Crippen molar-refractivity contribution in [3.63, 3.8) is 0 Å². The number of benzene rings is 1. The molecule has 0 aromatic heterocycles. The monoisotopic (exact) mass is 287 g/mol. The number of hydrogen-bond donors (Lipinski definition) is 2. The molecule has 0 spiro atoms. The topological polar surface area (TPSA) is 102 Å². The van der Waals surface area contributed by atoms with Gasteiger partial charge in [-0.05, 0) is 32.3 Å². The zero-order valence-corrected chi connectivity index (χ0v) is 11.8. The number of amides is 1. The van der Waals surface area contributed by atoms with E-state index in [2.05, 4.69) is 5.32 Å². The molecule has 0 aliphatic carbocycles. The fraction of sp³-hybridized carbons (Fsp3) is 0.364. The van der Waals surface area contributed by atoms with E-state index >= 15 is 0 Å². The molecule has 3 N–H and O–H groups in total. The van der Waals surface area contributed by atoms with E-state index in [-0.39, 0.29) is 23.1 Å². The SMILES string of the molecule is COc1ccc(NC(=O)CN(C)C)cc1S(N)(=O)=O. The van der Waals surface area contributed by atoms with Gasteiger partial charge in [0.05, 0.1) is 13.7 Å². The highest BCUT2D eigenvalue weighted by molar-refractivity contribution is 7.89. The summed E-state index contributed by atoms with van der Waals surface area (Å²) in [6, 6.07) is 4.24. The number of primary sulfonamides is 1. The van der Waals surface area contributed by atoms with E-state index in [1.54, 1.807) is 25.1 Å². The van der Waals surface area contributed by atoms with Gasteiger partial charge in [0.15, 0.2) is 0 Å². The van der Waals surface area contributed by atoms with Gasteiger partial charge in [-0.25, -0.2) is 13.6 Å². The molecule has 0 saturated carbocycles. The Bertz CT molecular complexity index is 569. The summed E-state index contributed by atoms with van der Waals surface area (Å²) in [7, 11) is 0.935. The first kappa shape index (κ1) is 15.4. The molecular weight excluding hydrogens is 270 g/mol. The number of nitrogens with two attached hydrogens (primary N) is 1. The lowest BCUT2D eigenvalue weighted by Gasteiger charge is -2.12. The summed E-state index contributed by atoms with van der Waals surface area (Å²) in [4.78, 5) is 13.1. The fourth-order valence-electron chi connectivity index (χ4n) is 1.46. The first-order valence-electron chi connectivity index (χ1n) is 5.39. The number of sulfonamides is 1. The van der Waals surface area contributed by atoms with Crippen molar-refractivity contribution in [2.75, 3.05) is 33.1 Å². The Kier molecular flexibility index (Phi) is 4.87. The van der Waals surface area contributed by atoms with E-state index in [4.69, 9.17) is 9.88 Å². The molecular formula is C11H17N3O4S. The van der Waals surface area contributed by atoms with E-state index in [0.717, 1.165) is 0 Å². The van der Waals surface area contributed by atoms with Gasteiger partial charge in [0.25, 0.3) is 0 Å². The van der Waals surface area contributed by atoms with E-state index in [9.17, 15) is 13.2 Å². The number of hydrogen-bond acceptors (Lipinski definition) is 5. The molecule has 106 valence electrons. The summed E-state index contributed by atoms with van der Waals surface area (Å²) in [6.07, 6.45) is 0. The van der Waals surface area contributed by atoms with Crippen molar-refractivity contribution in [2.45, 2.75) is 4.90 Å². The molecule has 0 bridgehead atoms. The number of ether oxygens (including phenoxy) is 1. The summed E-state index contributed by atoms with van der Waals surface area (Å²) in [5.74, 6) is -0.122. The summed E-state index contributed by atoms with van der Waals surface area (Å²) >= 11 is 0. The molecule has 0 unspecified atom stereocenters. The van der Waals surface area contributed by atoms with Crippen LogP contribution in [0.3, 0.4) is 0 Å². The molecule has 1 rings (SSSR count). The lowest BCUT2D eigenvalue weighted by molar-refractivity contribution is -0.116. The number of anilines is 1. The maximum Gasteiger partial charge on any atom is 0.241 e. The van der Waals surface area contributed by atoms with Gasteiger partial charge in [-0.1, -0.05) is 0 Å². The van der Waals surface area contributed by atoms with Crippen LogP contribution in [0.1, 0.15) is 0 Å². The smallest absolute Gasteiger partial charge is 0.241 e. The number of methoxy groups -OCH3 is 1. The van der Waals surface area contributed by atoms with Crippen LogP contribution < -0.4 is 15.2 Å². The minimum Gasteiger partial charge on any atom is -0.495 e. The number of rotatable bonds is 5. The summed E-state index contributed by atoms with van der Waals surface area (Å²) in [6.45, 7) is 0.191. The zero-order chi connectivity index (χ0) is 14.6. The summed E-state index contributed by atoms with van der Waals surface area (Å²) in [5, 5.41) is 7.67. The van der Waals surface area contributed by atoms with Crippen molar-refractivity contribution in [3.8, 4) is 5.75 Å². The van der Waals surface area contributed by atoms with Gasteiger partial charge in [-0.15, -0.1) is 0 Å². The molecule has 0 aliphatic rings. The average Bonchev–Trinajstić information content (AvgIpc) is 2.26. The largest absolute Gasteiger partial charge is 0.495 e. The molecule has 0 atom stereocenters. The second-order valence-corrected chi connectivity index (χ2v) is 5.73. The molecule has 7 nitrogen and oxygen atoms in total. The predicted octanol–water partition coefficient (Wildman–Crippen LogP) is -0.157. The Morgan fingerprint density at radius 3 is 2.53 bits per heavy atom. The van der Waals surface area contributed by atoms with E-state index in [1.165, 1.54) is 19.2 Å². The Morgan fingerprint density at radius 1 is 1.42 bits per heavy atom. The second-order valence-electron chi connectivity index (χ2n) is 4.20. The van der Waals surface area contributed by atoms with Crippen molar-refractivity contribution < 1.29 is 17.9 Å². The van der Waals surface area contributed by atoms with Crippen molar-refractivity contribution in [2.24, 2.45) is 5.14 Å². The Hall–Kier alpha value is -1.64. The van der Waals surface area contributed by atoms with Crippen molar-refractivity contribution in [1.82, 2.24) is 4.90 Å². The standard InChI is InChI=1S/C11H17N3O4S/c1-14(2)7-11(15)13-8-4-5-9(18-3)10(6-8)19(12,16)17/h4-6H,7H2,1-3H3,(H,13,15)(H2,12,16,17). The summed E-state index contributed by atoms with van der Waals surface area (Å²) in [5.41, 5.74) is 0.344. The molecule has 1 aromatic carbocycles. The third-order valence-electron chi connectivity index (χ3n) is 2.21. The maximum atomic E-state index is 11.6. The Labute approximate surface area is 112 Å². The second kappa shape index (κ2) is 6.00. The van der Waals surface area contributed by atoms with Gasteiger partial charge in [-0.3, -0.25) is 4.79 Å². The van der Waals surface area contributed by atoms with Crippen molar-refractivity contribution >= 4 is 21.6 Å². The molecule has 0 aliphatic heterocycles. The van der Waals surface area contributed by atoms with Crippen LogP contribution in [0.4, 0.5) is 5.69 Å². The highest BCUT2D eigenvalue weighted by Crippen LogP contribution is 2.25. The third-order valence-corrected chi connectivity index (χ3v) is 3.15. The van der Waals surface area contributed by atoms with Crippen LogP contribution in [0.25, 0.3) is 0 Å². The van der Waals surface area contributed by atoms with Gasteiger partial charge in [0.1, 0.15) is 10.6 Å². The molecule has 0 radical (unpaired) electrons. The lowest BCUT2D eigenvalue weighted by Crippen LogP contribution is -2.27. The van der Waals surface area contributed by atoms with Crippen LogP contribution in [-0.2, 0) is 14.8 Å². The van der Waals surface area contributed by atoms with Gasteiger partial charge in [0, 0.05) is 5.69 Å². The number of nitrogens with zero attached hydrogens (tertiary/aromatic N) is 1. The van der Waals surface area contributed by atoms with Crippen LogP contribution in [0.2, 0.25) is 0 Å². The molecule has 0 heterocycles. The van der Waals surface area contributed by atoms with Crippen LogP contribution in [0, 0.1) is 0 Å². The van der Waals surface area contributed by atoms with E-state index in [1.807, 2.05) is 0 Å². The highest BCUT2D eigenvalue weighted by Gasteiger charge is 2.16. The van der Waals surface area contributed by atoms with Crippen molar-refractivity contribution in [3.05, 3.63) is 18.2 Å². The van der Waals surface area contributed by atoms with Gasteiger partial charge in [0.2, 0.25) is 15.9 Å². The zero-order valence-electron chi connectivity index (χ0n) is 11.0. The molecule has 0 saturated heterocycles. The van der Waals surface area contributed by atoms with Crippen LogP contribution in [0.15, 0.2) is 23.1 Å². The Balaban J connectivity index is 3.03. The maximum absolute atomic E-state index is 11.6. The number of nitrogens with one attached hydrogen (secondary N) is 1. The normalized spacial score (nSPS) is 11.4. The quantitative estimate of drug-likeness (QED) is 0.783. The minimum absolute atomic E-state index is 0.133. The van der Waals surface area contributed by atoms with E-state index in [0.29, 0.717) is 5.69 Å². The first-order chi connectivity index (χ1) is 8.74. The molecule has 1 aromatic rings. The van der Waals surface area contributed by atoms with Gasteiger partial charge in [-0.2, -0.15) is 0 Å². The number of likely N-dealkylation sites (N-methyl/N-ethyl adjacent to an activating group) is 1. The van der Waals surface area contributed by atoms with Crippen molar-refractivity contribution in [1.29, 1.82) is 0 Å². The molecule has 1 amide bonds. The van der Waals surface area contributed by atoms with E-state index < -0.39 is 10.0 Å². The average molecular weight is 287 g/mol.